The fourth-order valence-corrected chi connectivity index (χ4v) is 4.15. The number of nitrogens with zero attached hydrogens (tertiary/aromatic N) is 1. The average molecular weight is 458 g/mol. The van der Waals surface area contributed by atoms with E-state index in [0.29, 0.717) is 17.7 Å². The number of aromatic hydroxyl groups is 1. The van der Waals surface area contributed by atoms with Gasteiger partial charge >= 0.3 is 0 Å². The molecule has 0 aromatic heterocycles. The van der Waals surface area contributed by atoms with Gasteiger partial charge in [-0.15, -0.1) is 0 Å². The smallest absolute Gasteiger partial charge is 0.295 e. The lowest BCUT2D eigenvalue weighted by atomic mass is 9.95. The number of Topliss-reactive ketones (excluding diaryl/α,β-unsaturated/α-hetero) is 1. The number of phenols is 1. The minimum absolute atomic E-state index is 0.0147. The molecule has 29 heavy (non-hydrogen) atoms. The Labute approximate surface area is 176 Å². The van der Waals surface area contributed by atoms with Crippen molar-refractivity contribution < 1.29 is 24.5 Å². The zero-order chi connectivity index (χ0) is 20.5. The van der Waals surface area contributed by atoms with E-state index < -0.39 is 17.7 Å². The summed E-state index contributed by atoms with van der Waals surface area (Å²) < 4.78 is 6.49. The molecule has 2 aromatic carbocycles. The molecule has 7 heteroatoms. The first-order valence-corrected chi connectivity index (χ1v) is 10.2. The van der Waals surface area contributed by atoms with Crippen molar-refractivity contribution in [2.45, 2.75) is 25.0 Å². The molecule has 2 aromatic rings. The molecular formula is C22H20BrNO5. The molecule has 150 valence electrons. The zero-order valence-electron chi connectivity index (χ0n) is 15.5. The molecule has 2 N–H and O–H groups in total. The van der Waals surface area contributed by atoms with Gasteiger partial charge in [-0.2, -0.15) is 0 Å². The second-order valence-corrected chi connectivity index (χ2v) is 8.10. The van der Waals surface area contributed by atoms with Crippen LogP contribution in [0, 0.1) is 0 Å². The van der Waals surface area contributed by atoms with Gasteiger partial charge in [0, 0.05) is 23.2 Å². The molecule has 1 amide bonds. The molecule has 0 saturated carbocycles. The molecule has 0 unspecified atom stereocenters. The van der Waals surface area contributed by atoms with Crippen LogP contribution in [0.15, 0.2) is 58.6 Å². The molecule has 2 fully saturated rings. The highest BCUT2D eigenvalue weighted by Gasteiger charge is 2.47. The van der Waals surface area contributed by atoms with E-state index in [9.17, 15) is 19.8 Å². The van der Waals surface area contributed by atoms with E-state index in [-0.39, 0.29) is 29.7 Å². The average Bonchev–Trinajstić information content (AvgIpc) is 3.30. The number of amides is 1. The van der Waals surface area contributed by atoms with Crippen LogP contribution in [0.2, 0.25) is 0 Å². The Hall–Kier alpha value is -2.64. The van der Waals surface area contributed by atoms with Crippen molar-refractivity contribution in [1.29, 1.82) is 0 Å². The van der Waals surface area contributed by atoms with Crippen LogP contribution >= 0.6 is 15.9 Å². The predicted molar refractivity (Wildman–Crippen MR) is 110 cm³/mol. The summed E-state index contributed by atoms with van der Waals surface area (Å²) in [6.45, 7) is 0.881. The maximum atomic E-state index is 12.9. The van der Waals surface area contributed by atoms with Crippen molar-refractivity contribution in [2.75, 3.05) is 13.2 Å². The molecule has 0 radical (unpaired) electrons. The first-order chi connectivity index (χ1) is 14.0. The van der Waals surface area contributed by atoms with Gasteiger partial charge in [0.25, 0.3) is 11.7 Å². The summed E-state index contributed by atoms with van der Waals surface area (Å²) in [6.07, 6.45) is 1.56. The second kappa shape index (κ2) is 8.00. The Morgan fingerprint density at radius 1 is 1.17 bits per heavy atom. The fourth-order valence-electron chi connectivity index (χ4n) is 3.88. The Bertz CT molecular complexity index is 979. The van der Waals surface area contributed by atoms with Gasteiger partial charge in [0.1, 0.15) is 11.5 Å². The van der Waals surface area contributed by atoms with Crippen LogP contribution in [0.5, 0.6) is 5.75 Å². The normalized spacial score (nSPS) is 23.7. The first kappa shape index (κ1) is 19.7. The number of ether oxygens (including phenoxy) is 1. The van der Waals surface area contributed by atoms with Gasteiger partial charge in [-0.25, -0.2) is 0 Å². The molecular weight excluding hydrogens is 438 g/mol. The van der Waals surface area contributed by atoms with Crippen LogP contribution < -0.4 is 0 Å². The maximum Gasteiger partial charge on any atom is 0.295 e. The third kappa shape index (κ3) is 3.80. The van der Waals surface area contributed by atoms with E-state index >= 15 is 0 Å². The van der Waals surface area contributed by atoms with Crippen molar-refractivity contribution in [2.24, 2.45) is 0 Å². The summed E-state index contributed by atoms with van der Waals surface area (Å²) in [5, 5.41) is 20.9. The summed E-state index contributed by atoms with van der Waals surface area (Å²) in [6, 6.07) is 12.5. The molecule has 2 heterocycles. The molecule has 2 saturated heterocycles. The number of hydrogen-bond acceptors (Lipinski definition) is 5. The number of likely N-dealkylation sites (tertiary alicyclic amines) is 1. The minimum atomic E-state index is -0.796. The van der Waals surface area contributed by atoms with Gasteiger partial charge in [0.15, 0.2) is 0 Å². The summed E-state index contributed by atoms with van der Waals surface area (Å²) in [4.78, 5) is 27.2. The fraction of sp³-hybridized carbons (Fsp3) is 0.273. The van der Waals surface area contributed by atoms with Crippen LogP contribution in [-0.2, 0) is 14.3 Å². The number of carbonyl (C=O) groups excluding carboxylic acids is 2. The van der Waals surface area contributed by atoms with Gasteiger partial charge < -0.3 is 19.8 Å². The number of rotatable bonds is 4. The molecule has 0 spiro atoms. The molecule has 6 nitrogen and oxygen atoms in total. The van der Waals surface area contributed by atoms with E-state index in [0.717, 1.165) is 17.3 Å². The van der Waals surface area contributed by atoms with E-state index in [1.807, 2.05) is 0 Å². The van der Waals surface area contributed by atoms with Crippen LogP contribution in [0.4, 0.5) is 0 Å². The SMILES string of the molecule is O=C1C(=O)N(C[C@H]2CCCO2)[C@@H](c2cccc(O)c2)C1=C(O)c1ccc(Br)cc1. The maximum absolute atomic E-state index is 12.9. The van der Waals surface area contributed by atoms with Gasteiger partial charge in [-0.1, -0.05) is 40.2 Å². The minimum Gasteiger partial charge on any atom is -0.508 e. The van der Waals surface area contributed by atoms with Crippen LogP contribution in [0.25, 0.3) is 5.76 Å². The molecule has 4 rings (SSSR count). The molecule has 2 aliphatic rings. The summed E-state index contributed by atoms with van der Waals surface area (Å²) >= 11 is 3.35. The van der Waals surface area contributed by atoms with Crippen molar-refractivity contribution in [3.8, 4) is 5.75 Å². The topological polar surface area (TPSA) is 87.1 Å². The molecule has 2 aliphatic heterocycles. The van der Waals surface area contributed by atoms with E-state index in [2.05, 4.69) is 15.9 Å². The lowest BCUT2D eigenvalue weighted by Gasteiger charge is -2.27. The van der Waals surface area contributed by atoms with Gasteiger partial charge in [-0.3, -0.25) is 9.59 Å². The van der Waals surface area contributed by atoms with E-state index in [1.54, 1.807) is 36.4 Å². The third-order valence-corrected chi connectivity index (χ3v) is 5.80. The van der Waals surface area contributed by atoms with Crippen LogP contribution in [-0.4, -0.2) is 46.1 Å². The Balaban J connectivity index is 1.83. The standard InChI is InChI=1S/C22H20BrNO5/c23-15-8-6-13(7-9-15)20(26)18-19(14-3-1-4-16(25)11-14)24(22(28)21(18)27)12-17-5-2-10-29-17/h1,3-4,6-9,11,17,19,25-26H,2,5,10,12H2/t17-,19+/m1/s1. The number of aliphatic hydroxyl groups is 1. The number of aliphatic hydroxyl groups excluding tert-OH is 1. The van der Waals surface area contributed by atoms with Crippen molar-refractivity contribution >= 4 is 33.4 Å². The summed E-state index contributed by atoms with van der Waals surface area (Å²) in [5.74, 6) is -1.63. The lowest BCUT2D eigenvalue weighted by Crippen LogP contribution is -2.36. The zero-order valence-corrected chi connectivity index (χ0v) is 17.1. The summed E-state index contributed by atoms with van der Waals surface area (Å²) in [7, 11) is 0. The van der Waals surface area contributed by atoms with Crippen LogP contribution in [0.3, 0.4) is 0 Å². The van der Waals surface area contributed by atoms with Crippen molar-refractivity contribution in [3.05, 3.63) is 69.7 Å². The lowest BCUT2D eigenvalue weighted by molar-refractivity contribution is -0.140. The van der Waals surface area contributed by atoms with Gasteiger partial charge in [-0.05, 0) is 42.7 Å². The Morgan fingerprint density at radius 2 is 1.93 bits per heavy atom. The predicted octanol–water partition coefficient (Wildman–Crippen LogP) is 3.76. The largest absolute Gasteiger partial charge is 0.508 e. The highest BCUT2D eigenvalue weighted by Crippen LogP contribution is 2.40. The molecule has 2 atom stereocenters. The van der Waals surface area contributed by atoms with Gasteiger partial charge in [0.05, 0.1) is 17.7 Å². The molecule has 0 aliphatic carbocycles. The highest BCUT2D eigenvalue weighted by atomic mass is 79.9. The first-order valence-electron chi connectivity index (χ1n) is 9.40. The number of ketones is 1. The van der Waals surface area contributed by atoms with Gasteiger partial charge in [0.2, 0.25) is 0 Å². The Morgan fingerprint density at radius 3 is 2.59 bits per heavy atom. The monoisotopic (exact) mass is 457 g/mol. The van der Waals surface area contributed by atoms with Crippen molar-refractivity contribution in [3.63, 3.8) is 0 Å². The number of hydrogen-bond donors (Lipinski definition) is 2. The highest BCUT2D eigenvalue weighted by molar-refractivity contribution is 9.10. The third-order valence-electron chi connectivity index (χ3n) is 5.27. The number of phenolic OH excluding ortho intramolecular Hbond substituents is 1. The Kier molecular flexibility index (Phi) is 5.43. The van der Waals surface area contributed by atoms with Crippen molar-refractivity contribution in [1.82, 2.24) is 4.90 Å². The number of benzene rings is 2. The van der Waals surface area contributed by atoms with E-state index in [4.69, 9.17) is 4.74 Å². The van der Waals surface area contributed by atoms with E-state index in [1.165, 1.54) is 17.0 Å². The quantitative estimate of drug-likeness (QED) is 0.414. The second-order valence-electron chi connectivity index (χ2n) is 7.19. The number of carbonyl (C=O) groups is 2. The molecule has 0 bridgehead atoms. The summed E-state index contributed by atoms with van der Waals surface area (Å²) in [5.41, 5.74) is 1.01. The van der Waals surface area contributed by atoms with Crippen LogP contribution in [0.1, 0.15) is 30.0 Å². The number of halogens is 1.